The zero-order chi connectivity index (χ0) is 16.9. The van der Waals surface area contributed by atoms with E-state index in [1.165, 1.54) is 5.56 Å². The van der Waals surface area contributed by atoms with E-state index in [1.54, 1.807) is 6.20 Å². The van der Waals surface area contributed by atoms with E-state index in [9.17, 15) is 4.79 Å². The van der Waals surface area contributed by atoms with Crippen LogP contribution in [0.25, 0.3) is 0 Å². The van der Waals surface area contributed by atoms with E-state index in [0.29, 0.717) is 30.2 Å². The number of nitrogen functional groups attached to an aromatic ring is 1. The number of benzene rings is 1. The van der Waals surface area contributed by atoms with Gasteiger partial charge in [0.05, 0.1) is 6.20 Å². The maximum absolute atomic E-state index is 11.4. The van der Waals surface area contributed by atoms with Crippen LogP contribution in [0.4, 0.5) is 11.8 Å². The van der Waals surface area contributed by atoms with Crippen molar-refractivity contribution in [3.63, 3.8) is 0 Å². The first kappa shape index (κ1) is 16.2. The minimum absolute atomic E-state index is 0.193. The predicted molar refractivity (Wildman–Crippen MR) is 93.2 cm³/mol. The van der Waals surface area contributed by atoms with Gasteiger partial charge >= 0.3 is 0 Å². The molecule has 1 fully saturated rings. The van der Waals surface area contributed by atoms with Crippen LogP contribution in [0.5, 0.6) is 11.5 Å². The Bertz CT molecular complexity index is 705. The summed E-state index contributed by atoms with van der Waals surface area (Å²) in [6, 6.07) is 8.12. The van der Waals surface area contributed by atoms with Crippen LogP contribution in [0.2, 0.25) is 0 Å². The highest BCUT2D eigenvalue weighted by atomic mass is 16.5. The molecule has 1 aromatic carbocycles. The summed E-state index contributed by atoms with van der Waals surface area (Å²) in [6.45, 7) is 2.11. The van der Waals surface area contributed by atoms with Gasteiger partial charge in [-0.3, -0.25) is 4.79 Å². The fourth-order valence-corrected chi connectivity index (χ4v) is 2.76. The molecule has 126 valence electrons. The van der Waals surface area contributed by atoms with E-state index < -0.39 is 0 Å². The van der Waals surface area contributed by atoms with Crippen molar-refractivity contribution in [2.45, 2.75) is 45.1 Å². The summed E-state index contributed by atoms with van der Waals surface area (Å²) in [6.07, 6.45) is 5.37. The van der Waals surface area contributed by atoms with E-state index in [0.717, 1.165) is 25.0 Å². The van der Waals surface area contributed by atoms with E-state index >= 15 is 0 Å². The van der Waals surface area contributed by atoms with Crippen LogP contribution in [-0.2, 0) is 11.2 Å². The number of ketones is 1. The van der Waals surface area contributed by atoms with E-state index in [-0.39, 0.29) is 12.0 Å². The van der Waals surface area contributed by atoms with Crippen molar-refractivity contribution in [2.24, 2.45) is 0 Å². The van der Waals surface area contributed by atoms with Crippen LogP contribution >= 0.6 is 0 Å². The Morgan fingerprint density at radius 3 is 2.62 bits per heavy atom. The summed E-state index contributed by atoms with van der Waals surface area (Å²) in [7, 11) is 0. The Morgan fingerprint density at radius 2 is 1.96 bits per heavy atom. The number of hydrogen-bond acceptors (Lipinski definition) is 6. The molecule has 24 heavy (non-hydrogen) atoms. The average Bonchev–Trinajstić information content (AvgIpc) is 2.60. The molecular formula is C18H22N4O2. The Balaban J connectivity index is 1.75. The monoisotopic (exact) mass is 326 g/mol. The first-order valence-corrected chi connectivity index (χ1v) is 8.31. The summed E-state index contributed by atoms with van der Waals surface area (Å²) in [5, 5.41) is 3.35. The predicted octanol–water partition coefficient (Wildman–Crippen LogP) is 3.34. The van der Waals surface area contributed by atoms with Gasteiger partial charge in [-0.2, -0.15) is 4.98 Å². The van der Waals surface area contributed by atoms with Crippen molar-refractivity contribution in [1.82, 2.24) is 9.97 Å². The second-order valence-corrected chi connectivity index (χ2v) is 6.00. The third-order valence-corrected chi connectivity index (χ3v) is 4.22. The number of nitrogens with one attached hydrogen (secondary N) is 1. The smallest absolute Gasteiger partial charge is 0.222 e. The van der Waals surface area contributed by atoms with Crippen molar-refractivity contribution in [3.05, 3.63) is 36.0 Å². The van der Waals surface area contributed by atoms with Crippen LogP contribution in [0.15, 0.2) is 30.5 Å². The van der Waals surface area contributed by atoms with Gasteiger partial charge in [0.25, 0.3) is 0 Å². The molecule has 3 N–H and O–H groups in total. The van der Waals surface area contributed by atoms with Gasteiger partial charge in [0.15, 0.2) is 11.6 Å². The topological polar surface area (TPSA) is 90.1 Å². The van der Waals surface area contributed by atoms with Gasteiger partial charge in [0.1, 0.15) is 11.5 Å². The zero-order valence-electron chi connectivity index (χ0n) is 13.8. The lowest BCUT2D eigenvalue weighted by molar-refractivity contribution is -0.120. The molecule has 0 unspecified atom stereocenters. The van der Waals surface area contributed by atoms with Crippen molar-refractivity contribution < 1.29 is 9.53 Å². The molecule has 1 saturated carbocycles. The molecule has 1 aliphatic rings. The number of carbonyl (C=O) groups is 1. The van der Waals surface area contributed by atoms with Gasteiger partial charge < -0.3 is 15.8 Å². The van der Waals surface area contributed by atoms with Gasteiger partial charge in [-0.1, -0.05) is 19.1 Å². The standard InChI is InChI=1S/C18H22N4O2/c1-2-12-3-9-15(10-4-12)24-16-11-20-18(19)22-17(16)21-13-5-7-14(23)8-6-13/h3-4,9-11,13H,2,5-8H2,1H3,(H3,19,20,21,22). The number of rotatable bonds is 5. The number of hydrogen-bond donors (Lipinski definition) is 2. The quantitative estimate of drug-likeness (QED) is 0.876. The fraction of sp³-hybridized carbons (Fsp3) is 0.389. The molecule has 1 heterocycles. The Kier molecular flexibility index (Phi) is 4.93. The molecule has 0 aliphatic heterocycles. The minimum Gasteiger partial charge on any atom is -0.452 e. The van der Waals surface area contributed by atoms with Crippen molar-refractivity contribution in [3.8, 4) is 11.5 Å². The number of Topliss-reactive ketones (excluding diaryl/α,β-unsaturated/α-hetero) is 1. The van der Waals surface area contributed by atoms with Crippen molar-refractivity contribution in [1.29, 1.82) is 0 Å². The first-order chi connectivity index (χ1) is 11.6. The van der Waals surface area contributed by atoms with E-state index in [1.807, 2.05) is 24.3 Å². The summed E-state index contributed by atoms with van der Waals surface area (Å²) < 4.78 is 5.92. The number of carbonyl (C=O) groups excluding carboxylic acids is 1. The molecule has 6 nitrogen and oxygen atoms in total. The summed E-state index contributed by atoms with van der Waals surface area (Å²) >= 11 is 0. The number of nitrogens with two attached hydrogens (primary N) is 1. The Morgan fingerprint density at radius 1 is 1.25 bits per heavy atom. The van der Waals surface area contributed by atoms with Gasteiger partial charge in [0.2, 0.25) is 5.95 Å². The highest BCUT2D eigenvalue weighted by Crippen LogP contribution is 2.30. The first-order valence-electron chi connectivity index (χ1n) is 8.31. The average molecular weight is 326 g/mol. The molecule has 1 aliphatic carbocycles. The molecule has 0 amide bonds. The van der Waals surface area contributed by atoms with Crippen molar-refractivity contribution in [2.75, 3.05) is 11.1 Å². The van der Waals surface area contributed by atoms with Crippen LogP contribution in [-0.4, -0.2) is 21.8 Å². The lowest BCUT2D eigenvalue weighted by Gasteiger charge is -2.23. The molecular weight excluding hydrogens is 304 g/mol. The van der Waals surface area contributed by atoms with Crippen LogP contribution < -0.4 is 15.8 Å². The molecule has 3 rings (SSSR count). The number of anilines is 2. The van der Waals surface area contributed by atoms with Gasteiger partial charge in [0, 0.05) is 18.9 Å². The normalized spacial score (nSPS) is 15.3. The second kappa shape index (κ2) is 7.29. The highest BCUT2D eigenvalue weighted by molar-refractivity contribution is 5.79. The summed E-state index contributed by atoms with van der Waals surface area (Å²) in [4.78, 5) is 19.7. The molecule has 0 bridgehead atoms. The maximum atomic E-state index is 11.4. The maximum Gasteiger partial charge on any atom is 0.222 e. The van der Waals surface area contributed by atoms with E-state index in [4.69, 9.17) is 10.5 Å². The van der Waals surface area contributed by atoms with Gasteiger partial charge in [-0.05, 0) is 37.0 Å². The fourth-order valence-electron chi connectivity index (χ4n) is 2.76. The van der Waals surface area contributed by atoms with E-state index in [2.05, 4.69) is 22.2 Å². The number of aryl methyl sites for hydroxylation is 1. The second-order valence-electron chi connectivity index (χ2n) is 6.00. The SMILES string of the molecule is CCc1ccc(Oc2cnc(N)nc2NC2CCC(=O)CC2)cc1. The lowest BCUT2D eigenvalue weighted by Crippen LogP contribution is -2.26. The summed E-state index contributed by atoms with van der Waals surface area (Å²) in [5.74, 6) is 2.34. The minimum atomic E-state index is 0.193. The number of nitrogens with zero attached hydrogens (tertiary/aromatic N) is 2. The largest absolute Gasteiger partial charge is 0.452 e. The van der Waals surface area contributed by atoms with Crippen molar-refractivity contribution >= 4 is 17.5 Å². The highest BCUT2D eigenvalue weighted by Gasteiger charge is 2.20. The molecule has 1 aromatic heterocycles. The lowest BCUT2D eigenvalue weighted by atomic mass is 9.94. The molecule has 0 atom stereocenters. The Hall–Kier alpha value is -2.63. The molecule has 0 spiro atoms. The number of ether oxygens (including phenoxy) is 1. The van der Waals surface area contributed by atoms with Gasteiger partial charge in [-0.25, -0.2) is 4.98 Å². The third-order valence-electron chi connectivity index (χ3n) is 4.22. The van der Waals surface area contributed by atoms with Gasteiger partial charge in [-0.15, -0.1) is 0 Å². The summed E-state index contributed by atoms with van der Waals surface area (Å²) in [5.41, 5.74) is 6.97. The molecule has 0 saturated heterocycles. The Labute approximate surface area is 141 Å². The van der Waals surface area contributed by atoms with Crippen LogP contribution in [0, 0.1) is 0 Å². The third kappa shape index (κ3) is 4.01. The van der Waals surface area contributed by atoms with Crippen LogP contribution in [0.3, 0.4) is 0 Å². The van der Waals surface area contributed by atoms with Crippen LogP contribution in [0.1, 0.15) is 38.2 Å². The molecule has 2 aromatic rings. The number of aromatic nitrogens is 2. The molecule has 0 radical (unpaired) electrons. The zero-order valence-corrected chi connectivity index (χ0v) is 13.8. The molecule has 6 heteroatoms.